The van der Waals surface area contributed by atoms with Crippen molar-refractivity contribution in [2.24, 2.45) is 18.0 Å². The van der Waals surface area contributed by atoms with E-state index in [1.165, 1.54) is 5.56 Å². The van der Waals surface area contributed by atoms with E-state index in [4.69, 9.17) is 0 Å². The van der Waals surface area contributed by atoms with Gasteiger partial charge in [-0.25, -0.2) is 0 Å². The van der Waals surface area contributed by atoms with E-state index in [2.05, 4.69) is 41.5 Å². The molecule has 0 amide bonds. The normalized spacial score (nSPS) is 13.8. The van der Waals surface area contributed by atoms with Gasteiger partial charge in [-0.15, -0.1) is 0 Å². The average Bonchev–Trinajstić information content (AvgIpc) is 2.73. The Balaban J connectivity index is 2.32. The lowest BCUT2D eigenvalue weighted by Crippen LogP contribution is -2.44. The molecule has 0 aliphatic carbocycles. The van der Waals surface area contributed by atoms with Crippen LogP contribution < -0.4 is 10.6 Å². The summed E-state index contributed by atoms with van der Waals surface area (Å²) < 4.78 is 1.82. The molecule has 2 N–H and O–H groups in total. The fraction of sp³-hybridized carbons (Fsp3) is 0.692. The van der Waals surface area contributed by atoms with Gasteiger partial charge in [0, 0.05) is 32.9 Å². The first-order chi connectivity index (χ1) is 8.52. The third kappa shape index (κ3) is 4.77. The average molecular weight is 251 g/mol. The smallest absolute Gasteiger partial charge is 0.191 e. The van der Waals surface area contributed by atoms with Crippen LogP contribution in [0.5, 0.6) is 0 Å². The van der Waals surface area contributed by atoms with Crippen LogP contribution in [0.25, 0.3) is 0 Å². The molecule has 0 aromatic carbocycles. The van der Waals surface area contributed by atoms with Gasteiger partial charge in [0.15, 0.2) is 5.96 Å². The molecule has 1 unspecified atom stereocenters. The molecule has 0 fully saturated rings. The number of hydrogen-bond acceptors (Lipinski definition) is 2. The van der Waals surface area contributed by atoms with Crippen LogP contribution in [0.1, 0.15) is 26.3 Å². The molecule has 1 aromatic rings. The maximum Gasteiger partial charge on any atom is 0.191 e. The lowest BCUT2D eigenvalue weighted by atomic mass is 10.1. The monoisotopic (exact) mass is 251 g/mol. The topological polar surface area (TPSA) is 54.2 Å². The number of aryl methyl sites for hydroxylation is 1. The second-order valence-electron chi connectivity index (χ2n) is 4.95. The molecule has 0 bridgehead atoms. The van der Waals surface area contributed by atoms with E-state index in [-0.39, 0.29) is 0 Å². The van der Waals surface area contributed by atoms with Gasteiger partial charge in [-0.3, -0.25) is 9.67 Å². The summed E-state index contributed by atoms with van der Waals surface area (Å²) >= 11 is 0. The standard InChI is InChI=1S/C13H25N5/c1-10(2)11(3)17-13(14-4)15-7-6-12-8-16-18(5)9-12/h8-11H,6-7H2,1-5H3,(H2,14,15,17). The zero-order chi connectivity index (χ0) is 13.5. The summed E-state index contributed by atoms with van der Waals surface area (Å²) in [6.07, 6.45) is 4.88. The van der Waals surface area contributed by atoms with Crippen molar-refractivity contribution in [3.63, 3.8) is 0 Å². The molecule has 102 valence electrons. The van der Waals surface area contributed by atoms with Crippen LogP contribution in [0, 0.1) is 5.92 Å². The van der Waals surface area contributed by atoms with Gasteiger partial charge in [-0.2, -0.15) is 5.10 Å². The van der Waals surface area contributed by atoms with Gasteiger partial charge < -0.3 is 10.6 Å². The van der Waals surface area contributed by atoms with Crippen molar-refractivity contribution < 1.29 is 0 Å². The maximum absolute atomic E-state index is 4.22. The summed E-state index contributed by atoms with van der Waals surface area (Å²) in [7, 11) is 3.73. The summed E-state index contributed by atoms with van der Waals surface area (Å²) in [4.78, 5) is 4.22. The number of guanidine groups is 1. The summed E-state index contributed by atoms with van der Waals surface area (Å²) in [6, 6.07) is 0.412. The lowest BCUT2D eigenvalue weighted by Gasteiger charge is -2.20. The SMILES string of the molecule is CN=C(NCCc1cnn(C)c1)NC(C)C(C)C. The minimum atomic E-state index is 0.412. The number of aromatic nitrogens is 2. The van der Waals surface area contributed by atoms with Crippen molar-refractivity contribution in [2.45, 2.75) is 33.2 Å². The van der Waals surface area contributed by atoms with Gasteiger partial charge in [0.1, 0.15) is 0 Å². The molecule has 5 heteroatoms. The molecule has 18 heavy (non-hydrogen) atoms. The van der Waals surface area contributed by atoms with Crippen LogP contribution in [0.4, 0.5) is 0 Å². The molecule has 0 saturated heterocycles. The van der Waals surface area contributed by atoms with E-state index >= 15 is 0 Å². The highest BCUT2D eigenvalue weighted by Crippen LogP contribution is 1.99. The molecule has 0 aliphatic heterocycles. The van der Waals surface area contributed by atoms with E-state index in [1.54, 1.807) is 7.05 Å². The second kappa shape index (κ2) is 7.03. The quantitative estimate of drug-likeness (QED) is 0.610. The van der Waals surface area contributed by atoms with Gasteiger partial charge in [-0.1, -0.05) is 13.8 Å². The van der Waals surface area contributed by atoms with E-state index in [1.807, 2.05) is 24.1 Å². The third-order valence-electron chi connectivity index (χ3n) is 3.05. The van der Waals surface area contributed by atoms with Crippen LogP contribution >= 0.6 is 0 Å². The Morgan fingerprint density at radius 1 is 1.44 bits per heavy atom. The highest BCUT2D eigenvalue weighted by molar-refractivity contribution is 5.79. The minimum Gasteiger partial charge on any atom is -0.356 e. The van der Waals surface area contributed by atoms with Gasteiger partial charge in [0.05, 0.1) is 6.20 Å². The molecular weight excluding hydrogens is 226 g/mol. The fourth-order valence-corrected chi connectivity index (χ4v) is 1.50. The Morgan fingerprint density at radius 2 is 2.17 bits per heavy atom. The van der Waals surface area contributed by atoms with Crippen molar-refractivity contribution in [1.29, 1.82) is 0 Å². The number of rotatable bonds is 5. The maximum atomic E-state index is 4.22. The Bertz CT molecular complexity index is 380. The number of nitrogens with one attached hydrogen (secondary N) is 2. The van der Waals surface area contributed by atoms with Crippen LogP contribution in [0.2, 0.25) is 0 Å². The predicted molar refractivity (Wildman–Crippen MR) is 75.7 cm³/mol. The van der Waals surface area contributed by atoms with E-state index in [9.17, 15) is 0 Å². The molecular formula is C13H25N5. The summed E-state index contributed by atoms with van der Waals surface area (Å²) in [5.41, 5.74) is 1.23. The lowest BCUT2D eigenvalue weighted by molar-refractivity contribution is 0.481. The first-order valence-electron chi connectivity index (χ1n) is 6.47. The van der Waals surface area contributed by atoms with E-state index < -0.39 is 0 Å². The molecule has 1 heterocycles. The molecule has 1 aromatic heterocycles. The summed E-state index contributed by atoms with van der Waals surface area (Å²) in [5, 5.41) is 10.8. The molecule has 5 nitrogen and oxygen atoms in total. The Kier molecular flexibility index (Phi) is 5.68. The van der Waals surface area contributed by atoms with E-state index in [0.29, 0.717) is 12.0 Å². The van der Waals surface area contributed by atoms with Crippen molar-refractivity contribution in [1.82, 2.24) is 20.4 Å². The molecule has 0 saturated carbocycles. The van der Waals surface area contributed by atoms with Crippen LogP contribution in [0.15, 0.2) is 17.4 Å². The number of nitrogens with zero attached hydrogens (tertiary/aromatic N) is 3. The largest absolute Gasteiger partial charge is 0.356 e. The number of aliphatic imine (C=N–C) groups is 1. The number of hydrogen-bond donors (Lipinski definition) is 2. The Hall–Kier alpha value is -1.52. The van der Waals surface area contributed by atoms with Gasteiger partial charge in [0.25, 0.3) is 0 Å². The zero-order valence-corrected chi connectivity index (χ0v) is 12.1. The molecule has 0 aliphatic rings. The van der Waals surface area contributed by atoms with E-state index in [0.717, 1.165) is 18.9 Å². The Morgan fingerprint density at radius 3 is 2.67 bits per heavy atom. The summed E-state index contributed by atoms with van der Waals surface area (Å²) in [5.74, 6) is 1.45. The van der Waals surface area contributed by atoms with Crippen LogP contribution in [-0.4, -0.2) is 35.4 Å². The predicted octanol–water partition coefficient (Wildman–Crippen LogP) is 1.17. The van der Waals surface area contributed by atoms with Crippen LogP contribution in [-0.2, 0) is 13.5 Å². The van der Waals surface area contributed by atoms with Gasteiger partial charge in [-0.05, 0) is 24.8 Å². The van der Waals surface area contributed by atoms with Crippen molar-refractivity contribution >= 4 is 5.96 Å². The molecule has 0 radical (unpaired) electrons. The minimum absolute atomic E-state index is 0.412. The van der Waals surface area contributed by atoms with Crippen LogP contribution in [0.3, 0.4) is 0 Å². The molecule has 1 rings (SSSR count). The first kappa shape index (κ1) is 14.5. The highest BCUT2D eigenvalue weighted by Gasteiger charge is 2.08. The second-order valence-corrected chi connectivity index (χ2v) is 4.95. The Labute approximate surface area is 110 Å². The van der Waals surface area contributed by atoms with Gasteiger partial charge in [0.2, 0.25) is 0 Å². The highest BCUT2D eigenvalue weighted by atomic mass is 15.2. The van der Waals surface area contributed by atoms with Gasteiger partial charge >= 0.3 is 0 Å². The molecule has 0 spiro atoms. The van der Waals surface area contributed by atoms with Crippen molar-refractivity contribution in [2.75, 3.05) is 13.6 Å². The summed E-state index contributed by atoms with van der Waals surface area (Å²) in [6.45, 7) is 7.41. The van der Waals surface area contributed by atoms with Crippen molar-refractivity contribution in [3.8, 4) is 0 Å². The molecule has 1 atom stereocenters. The fourth-order valence-electron chi connectivity index (χ4n) is 1.50. The first-order valence-corrected chi connectivity index (χ1v) is 6.47. The van der Waals surface area contributed by atoms with Crippen molar-refractivity contribution in [3.05, 3.63) is 18.0 Å². The third-order valence-corrected chi connectivity index (χ3v) is 3.05. The zero-order valence-electron chi connectivity index (χ0n) is 12.1.